The number of hydrogen-bond donors (Lipinski definition) is 1. The van der Waals surface area contributed by atoms with Gasteiger partial charge in [0.25, 0.3) is 0 Å². The Morgan fingerprint density at radius 2 is 1.91 bits per heavy atom. The van der Waals surface area contributed by atoms with Crippen LogP contribution in [0, 0.1) is 0 Å². The molecule has 0 aliphatic rings. The zero-order chi connectivity index (χ0) is 16.2. The van der Waals surface area contributed by atoms with Gasteiger partial charge in [0, 0.05) is 16.9 Å². The van der Waals surface area contributed by atoms with Crippen LogP contribution in [0.4, 0.5) is 24.8 Å². The summed E-state index contributed by atoms with van der Waals surface area (Å²) in [6.07, 6.45) is -3.29. The van der Waals surface area contributed by atoms with Gasteiger partial charge in [0.05, 0.1) is 6.61 Å². The monoisotopic (exact) mass is 331 g/mol. The SMILES string of the molecule is CCCOc1nc(Nc2ccc(Cl)cc2)ncc1C(F)(F)F. The Hall–Kier alpha value is -2.02. The Balaban J connectivity index is 2.27. The third-order valence-electron chi connectivity index (χ3n) is 2.60. The van der Waals surface area contributed by atoms with E-state index < -0.39 is 17.6 Å². The van der Waals surface area contributed by atoms with Crippen molar-refractivity contribution in [1.29, 1.82) is 0 Å². The number of halogens is 4. The molecule has 8 heteroatoms. The van der Waals surface area contributed by atoms with Crippen LogP contribution in [0.25, 0.3) is 0 Å². The molecule has 0 atom stereocenters. The molecular formula is C14H13ClF3N3O. The first-order chi connectivity index (χ1) is 10.4. The first kappa shape index (κ1) is 16.4. The van der Waals surface area contributed by atoms with Gasteiger partial charge in [-0.1, -0.05) is 18.5 Å². The van der Waals surface area contributed by atoms with Gasteiger partial charge in [-0.3, -0.25) is 0 Å². The largest absolute Gasteiger partial charge is 0.477 e. The molecule has 0 radical (unpaired) electrons. The molecule has 0 bridgehead atoms. The molecule has 0 aliphatic heterocycles. The molecule has 118 valence electrons. The summed E-state index contributed by atoms with van der Waals surface area (Å²) < 4.78 is 43.7. The van der Waals surface area contributed by atoms with E-state index >= 15 is 0 Å². The number of benzene rings is 1. The summed E-state index contributed by atoms with van der Waals surface area (Å²) in [5, 5.41) is 3.35. The summed E-state index contributed by atoms with van der Waals surface area (Å²) >= 11 is 5.76. The molecule has 0 fully saturated rings. The predicted octanol–water partition coefficient (Wildman–Crippen LogP) is 4.68. The van der Waals surface area contributed by atoms with Gasteiger partial charge >= 0.3 is 6.18 Å². The van der Waals surface area contributed by atoms with Gasteiger partial charge in [0.15, 0.2) is 0 Å². The van der Waals surface area contributed by atoms with E-state index in [-0.39, 0.29) is 12.6 Å². The van der Waals surface area contributed by atoms with Crippen LogP contribution in [-0.4, -0.2) is 16.6 Å². The predicted molar refractivity (Wildman–Crippen MR) is 77.6 cm³/mol. The van der Waals surface area contributed by atoms with Crippen LogP contribution >= 0.6 is 11.6 Å². The highest BCUT2D eigenvalue weighted by atomic mass is 35.5. The van der Waals surface area contributed by atoms with Crippen molar-refractivity contribution in [3.63, 3.8) is 0 Å². The van der Waals surface area contributed by atoms with Crippen LogP contribution < -0.4 is 10.1 Å². The molecule has 2 rings (SSSR count). The number of ether oxygens (including phenoxy) is 1. The van der Waals surface area contributed by atoms with Gasteiger partial charge in [-0.15, -0.1) is 0 Å². The Kier molecular flexibility index (Phi) is 5.07. The van der Waals surface area contributed by atoms with Gasteiger partial charge in [0.2, 0.25) is 11.8 Å². The molecule has 0 saturated carbocycles. The smallest absolute Gasteiger partial charge is 0.423 e. The van der Waals surface area contributed by atoms with Crippen molar-refractivity contribution in [2.45, 2.75) is 19.5 Å². The number of rotatable bonds is 5. The van der Waals surface area contributed by atoms with Crippen LogP contribution in [-0.2, 0) is 6.18 Å². The maximum Gasteiger partial charge on any atom is 0.423 e. The van der Waals surface area contributed by atoms with Crippen molar-refractivity contribution in [2.24, 2.45) is 0 Å². The van der Waals surface area contributed by atoms with E-state index in [0.29, 0.717) is 23.3 Å². The summed E-state index contributed by atoms with van der Waals surface area (Å²) in [6, 6.07) is 6.61. The quantitative estimate of drug-likeness (QED) is 0.864. The van der Waals surface area contributed by atoms with E-state index in [1.807, 2.05) is 0 Å². The lowest BCUT2D eigenvalue weighted by Gasteiger charge is -2.13. The molecule has 0 aliphatic carbocycles. The topological polar surface area (TPSA) is 47.0 Å². The van der Waals surface area contributed by atoms with Gasteiger partial charge in [-0.2, -0.15) is 18.2 Å². The minimum atomic E-state index is -4.57. The highest BCUT2D eigenvalue weighted by Gasteiger charge is 2.36. The van der Waals surface area contributed by atoms with Crippen LogP contribution in [0.1, 0.15) is 18.9 Å². The number of hydrogen-bond acceptors (Lipinski definition) is 4. The Labute approximate surface area is 130 Å². The maximum atomic E-state index is 12.9. The second-order valence-corrected chi connectivity index (χ2v) is 4.83. The van der Waals surface area contributed by atoms with Gasteiger partial charge in [-0.05, 0) is 30.7 Å². The minimum absolute atomic E-state index is 0.0152. The highest BCUT2D eigenvalue weighted by Crippen LogP contribution is 2.35. The number of anilines is 2. The molecule has 0 saturated heterocycles. The molecule has 2 aromatic rings. The lowest BCUT2D eigenvalue weighted by atomic mass is 10.3. The average Bonchev–Trinajstić information content (AvgIpc) is 2.46. The van der Waals surface area contributed by atoms with Crippen molar-refractivity contribution in [3.8, 4) is 5.88 Å². The highest BCUT2D eigenvalue weighted by molar-refractivity contribution is 6.30. The first-order valence-corrected chi connectivity index (χ1v) is 6.87. The van der Waals surface area contributed by atoms with Gasteiger partial charge < -0.3 is 10.1 Å². The number of aromatic nitrogens is 2. The van der Waals surface area contributed by atoms with E-state index in [2.05, 4.69) is 15.3 Å². The lowest BCUT2D eigenvalue weighted by molar-refractivity contribution is -0.139. The average molecular weight is 332 g/mol. The molecule has 0 spiro atoms. The van der Waals surface area contributed by atoms with E-state index in [9.17, 15) is 13.2 Å². The molecule has 1 aromatic heterocycles. The number of nitrogens with one attached hydrogen (secondary N) is 1. The molecule has 0 unspecified atom stereocenters. The minimum Gasteiger partial charge on any atom is -0.477 e. The lowest BCUT2D eigenvalue weighted by Crippen LogP contribution is -2.12. The van der Waals surface area contributed by atoms with Crippen LogP contribution in [0.15, 0.2) is 30.5 Å². The summed E-state index contributed by atoms with van der Waals surface area (Å²) in [7, 11) is 0. The van der Waals surface area contributed by atoms with Crippen molar-refractivity contribution in [3.05, 3.63) is 41.0 Å². The van der Waals surface area contributed by atoms with Gasteiger partial charge in [0.1, 0.15) is 5.56 Å². The van der Waals surface area contributed by atoms with Crippen LogP contribution in [0.5, 0.6) is 5.88 Å². The van der Waals surface area contributed by atoms with Gasteiger partial charge in [-0.25, -0.2) is 4.98 Å². The van der Waals surface area contributed by atoms with E-state index in [0.717, 1.165) is 0 Å². The fourth-order valence-corrected chi connectivity index (χ4v) is 1.72. The molecular weight excluding hydrogens is 319 g/mol. The van der Waals surface area contributed by atoms with E-state index in [1.165, 1.54) is 0 Å². The fourth-order valence-electron chi connectivity index (χ4n) is 1.59. The molecule has 22 heavy (non-hydrogen) atoms. The molecule has 1 aromatic carbocycles. The zero-order valence-corrected chi connectivity index (χ0v) is 12.4. The maximum absolute atomic E-state index is 12.9. The Bertz CT molecular complexity index is 632. The molecule has 1 heterocycles. The molecule has 0 amide bonds. The molecule has 1 N–H and O–H groups in total. The zero-order valence-electron chi connectivity index (χ0n) is 11.6. The summed E-state index contributed by atoms with van der Waals surface area (Å²) in [4.78, 5) is 7.47. The normalized spacial score (nSPS) is 11.3. The van der Waals surface area contributed by atoms with E-state index in [1.54, 1.807) is 31.2 Å². The standard InChI is InChI=1S/C14H13ClF3N3O/c1-2-7-22-12-11(14(16,17)18)8-19-13(21-12)20-10-5-3-9(15)4-6-10/h3-6,8H,2,7H2,1H3,(H,19,20,21). The van der Waals surface area contributed by atoms with Crippen molar-refractivity contribution < 1.29 is 17.9 Å². The Morgan fingerprint density at radius 1 is 1.23 bits per heavy atom. The molecule has 4 nitrogen and oxygen atoms in total. The number of nitrogens with zero attached hydrogens (tertiary/aromatic N) is 2. The summed E-state index contributed by atoms with van der Waals surface area (Å²) in [5.74, 6) is -0.470. The van der Waals surface area contributed by atoms with Crippen LogP contribution in [0.2, 0.25) is 5.02 Å². The van der Waals surface area contributed by atoms with Crippen LogP contribution in [0.3, 0.4) is 0 Å². The Morgan fingerprint density at radius 3 is 2.50 bits per heavy atom. The third-order valence-corrected chi connectivity index (χ3v) is 2.85. The van der Waals surface area contributed by atoms with Crippen molar-refractivity contribution >= 4 is 23.2 Å². The second kappa shape index (κ2) is 6.83. The van der Waals surface area contributed by atoms with Crippen molar-refractivity contribution in [1.82, 2.24) is 9.97 Å². The summed E-state index contributed by atoms with van der Waals surface area (Å²) in [5.41, 5.74) is -0.395. The third kappa shape index (κ3) is 4.24. The second-order valence-electron chi connectivity index (χ2n) is 4.39. The number of alkyl halides is 3. The van der Waals surface area contributed by atoms with Crippen molar-refractivity contribution in [2.75, 3.05) is 11.9 Å². The summed E-state index contributed by atoms with van der Waals surface area (Å²) in [6.45, 7) is 1.93. The first-order valence-electron chi connectivity index (χ1n) is 6.49. The van der Waals surface area contributed by atoms with E-state index in [4.69, 9.17) is 16.3 Å². The fraction of sp³-hybridized carbons (Fsp3) is 0.286.